The summed E-state index contributed by atoms with van der Waals surface area (Å²) in [5, 5.41) is 6.43. The lowest BCUT2D eigenvalue weighted by molar-refractivity contribution is 0.0930. The molecular formula is C24H23FN4O2S. The first kappa shape index (κ1) is 19.8. The van der Waals surface area contributed by atoms with E-state index in [1.807, 2.05) is 40.9 Å². The van der Waals surface area contributed by atoms with Crippen LogP contribution in [0.25, 0.3) is 26.4 Å². The largest absolute Gasteiger partial charge is 0.379 e. The van der Waals surface area contributed by atoms with Crippen LogP contribution in [0.1, 0.15) is 41.2 Å². The first-order valence-corrected chi connectivity index (χ1v) is 11.8. The number of ether oxygens (including phenoxy) is 1. The summed E-state index contributed by atoms with van der Waals surface area (Å²) in [6.45, 7) is 2.24. The van der Waals surface area contributed by atoms with E-state index < -0.39 is 0 Å². The smallest absolute Gasteiger partial charge is 0.251 e. The van der Waals surface area contributed by atoms with E-state index in [0.717, 1.165) is 46.5 Å². The fourth-order valence-electron chi connectivity index (χ4n) is 4.61. The van der Waals surface area contributed by atoms with Crippen molar-refractivity contribution in [1.82, 2.24) is 20.0 Å². The molecule has 4 aromatic rings. The van der Waals surface area contributed by atoms with E-state index in [2.05, 4.69) is 15.6 Å². The minimum absolute atomic E-state index is 0.0761. The highest BCUT2D eigenvalue weighted by Crippen LogP contribution is 2.32. The molecule has 0 aliphatic carbocycles. The van der Waals surface area contributed by atoms with Gasteiger partial charge in [0.1, 0.15) is 5.82 Å². The minimum Gasteiger partial charge on any atom is -0.379 e. The standard InChI is InChI=1S/C24H23FN4O2S/c25-18-10-14(19-2-1-8-26-19)3-5-17(18)20-12-29-21-6-4-15(11-22(21)32-24(29)28-20)23(30)27-16-7-9-31-13-16/h3-6,10-12,16,19,26H,1-2,7-9,13H2,(H,27,30)/t16-,19?/m0/s1. The van der Waals surface area contributed by atoms with E-state index >= 15 is 0 Å². The number of nitrogens with zero attached hydrogens (tertiary/aromatic N) is 2. The van der Waals surface area contributed by atoms with Crippen molar-refractivity contribution < 1.29 is 13.9 Å². The third-order valence-corrected chi connectivity index (χ3v) is 7.37. The number of nitrogens with one attached hydrogen (secondary N) is 2. The molecule has 164 valence electrons. The van der Waals surface area contributed by atoms with Crippen LogP contribution in [0.15, 0.2) is 42.6 Å². The summed E-state index contributed by atoms with van der Waals surface area (Å²) in [4.78, 5) is 18.0. The molecule has 2 saturated heterocycles. The van der Waals surface area contributed by atoms with E-state index in [1.54, 1.807) is 6.07 Å². The second-order valence-electron chi connectivity index (χ2n) is 8.49. The molecule has 0 saturated carbocycles. The molecule has 0 radical (unpaired) electrons. The molecule has 8 heteroatoms. The Morgan fingerprint density at radius 1 is 1.25 bits per heavy atom. The molecule has 0 spiro atoms. The van der Waals surface area contributed by atoms with Gasteiger partial charge in [-0.2, -0.15) is 0 Å². The maximum atomic E-state index is 14.9. The topological polar surface area (TPSA) is 67.7 Å². The number of carbonyl (C=O) groups is 1. The first-order valence-electron chi connectivity index (χ1n) is 11.0. The normalized spacial score (nSPS) is 21.0. The molecule has 32 heavy (non-hydrogen) atoms. The third-order valence-electron chi connectivity index (χ3n) is 6.35. The first-order chi connectivity index (χ1) is 15.7. The minimum atomic E-state index is -0.249. The van der Waals surface area contributed by atoms with E-state index in [0.29, 0.717) is 30.0 Å². The Morgan fingerprint density at radius 2 is 2.19 bits per heavy atom. The number of aromatic nitrogens is 2. The SMILES string of the molecule is O=C(N[C@H]1CCOC1)c1ccc2c(c1)sc1nc(-c3ccc(C4CCCN4)cc3F)cn12. The molecule has 1 unspecified atom stereocenters. The Morgan fingerprint density at radius 3 is 2.97 bits per heavy atom. The quantitative estimate of drug-likeness (QED) is 0.487. The fourth-order valence-corrected chi connectivity index (χ4v) is 5.66. The maximum Gasteiger partial charge on any atom is 0.251 e. The van der Waals surface area contributed by atoms with E-state index in [4.69, 9.17) is 4.74 Å². The van der Waals surface area contributed by atoms with Crippen molar-refractivity contribution in [2.75, 3.05) is 19.8 Å². The summed E-state index contributed by atoms with van der Waals surface area (Å²) in [5.41, 5.74) is 3.69. The average molecular weight is 451 g/mol. The van der Waals surface area contributed by atoms with Crippen molar-refractivity contribution in [3.05, 3.63) is 59.5 Å². The van der Waals surface area contributed by atoms with Gasteiger partial charge in [-0.3, -0.25) is 9.20 Å². The number of hydrogen-bond donors (Lipinski definition) is 2. The maximum absolute atomic E-state index is 14.9. The van der Waals surface area contributed by atoms with Gasteiger partial charge in [-0.1, -0.05) is 17.4 Å². The zero-order valence-electron chi connectivity index (χ0n) is 17.4. The van der Waals surface area contributed by atoms with E-state index in [1.165, 1.54) is 11.3 Å². The molecule has 4 heterocycles. The van der Waals surface area contributed by atoms with Gasteiger partial charge in [-0.05, 0) is 61.7 Å². The van der Waals surface area contributed by atoms with E-state index in [9.17, 15) is 9.18 Å². The summed E-state index contributed by atoms with van der Waals surface area (Å²) in [6.07, 6.45) is 4.88. The summed E-state index contributed by atoms with van der Waals surface area (Å²) in [5.74, 6) is -0.339. The number of amides is 1. The molecule has 2 atom stereocenters. The van der Waals surface area contributed by atoms with Gasteiger partial charge in [0.15, 0.2) is 4.96 Å². The van der Waals surface area contributed by atoms with Crippen LogP contribution < -0.4 is 10.6 Å². The molecule has 1 amide bonds. The number of imidazole rings is 1. The predicted octanol–water partition coefficient (Wildman–Crippen LogP) is 4.30. The van der Waals surface area contributed by atoms with Crippen LogP contribution in [0, 0.1) is 5.82 Å². The molecule has 6 nitrogen and oxygen atoms in total. The van der Waals surface area contributed by atoms with Gasteiger partial charge < -0.3 is 15.4 Å². The molecule has 2 aliphatic heterocycles. The summed E-state index contributed by atoms with van der Waals surface area (Å²) in [6, 6.07) is 11.4. The van der Waals surface area contributed by atoms with Crippen LogP contribution in [-0.4, -0.2) is 41.1 Å². The molecule has 0 bridgehead atoms. The van der Waals surface area contributed by atoms with E-state index in [-0.39, 0.29) is 23.8 Å². The van der Waals surface area contributed by atoms with Crippen LogP contribution in [-0.2, 0) is 4.74 Å². The van der Waals surface area contributed by atoms with Gasteiger partial charge in [-0.15, -0.1) is 0 Å². The highest BCUT2D eigenvalue weighted by Gasteiger charge is 2.21. The fraction of sp³-hybridized carbons (Fsp3) is 0.333. The summed E-state index contributed by atoms with van der Waals surface area (Å²) in [7, 11) is 0. The Hall–Kier alpha value is -2.81. The number of rotatable bonds is 4. The molecule has 2 aliphatic rings. The Balaban J connectivity index is 1.29. The Bertz CT molecular complexity index is 1320. The number of fused-ring (bicyclic) bond motifs is 3. The lowest BCUT2D eigenvalue weighted by Gasteiger charge is -2.11. The van der Waals surface area contributed by atoms with Crippen LogP contribution in [0.2, 0.25) is 0 Å². The second kappa shape index (κ2) is 7.95. The molecule has 6 rings (SSSR count). The number of halogens is 1. The molecular weight excluding hydrogens is 427 g/mol. The summed E-state index contributed by atoms with van der Waals surface area (Å²) < 4.78 is 23.2. The van der Waals surface area contributed by atoms with Gasteiger partial charge in [0.2, 0.25) is 0 Å². The Labute approximate surface area is 188 Å². The van der Waals surface area contributed by atoms with Crippen LogP contribution in [0.5, 0.6) is 0 Å². The molecule has 2 fully saturated rings. The number of thiazole rings is 1. The average Bonchev–Trinajstić information content (AvgIpc) is 3.57. The zero-order valence-corrected chi connectivity index (χ0v) is 18.3. The lowest BCUT2D eigenvalue weighted by atomic mass is 10.0. The Kier molecular flexibility index (Phi) is 4.93. The van der Waals surface area contributed by atoms with Crippen LogP contribution >= 0.6 is 11.3 Å². The van der Waals surface area contributed by atoms with Crippen molar-refractivity contribution in [2.24, 2.45) is 0 Å². The number of carbonyl (C=O) groups excluding carboxylic acids is 1. The van der Waals surface area contributed by atoms with Gasteiger partial charge >= 0.3 is 0 Å². The predicted molar refractivity (Wildman–Crippen MR) is 123 cm³/mol. The van der Waals surface area contributed by atoms with Crippen LogP contribution in [0.4, 0.5) is 4.39 Å². The molecule has 2 aromatic carbocycles. The monoisotopic (exact) mass is 450 g/mol. The third kappa shape index (κ3) is 3.48. The van der Waals surface area contributed by atoms with Crippen molar-refractivity contribution in [3.8, 4) is 11.3 Å². The number of benzene rings is 2. The van der Waals surface area contributed by atoms with Crippen molar-refractivity contribution >= 4 is 32.4 Å². The lowest BCUT2D eigenvalue weighted by Crippen LogP contribution is -2.34. The highest BCUT2D eigenvalue weighted by molar-refractivity contribution is 7.23. The molecule has 2 N–H and O–H groups in total. The zero-order chi connectivity index (χ0) is 21.7. The van der Waals surface area contributed by atoms with Gasteiger partial charge in [0.05, 0.1) is 28.6 Å². The van der Waals surface area contributed by atoms with Gasteiger partial charge in [-0.25, -0.2) is 9.37 Å². The molecule has 2 aromatic heterocycles. The van der Waals surface area contributed by atoms with Gasteiger partial charge in [0, 0.05) is 30.0 Å². The van der Waals surface area contributed by atoms with Crippen LogP contribution in [0.3, 0.4) is 0 Å². The van der Waals surface area contributed by atoms with Gasteiger partial charge in [0.25, 0.3) is 5.91 Å². The second-order valence-corrected chi connectivity index (χ2v) is 9.49. The number of hydrogen-bond acceptors (Lipinski definition) is 5. The van der Waals surface area contributed by atoms with Crippen molar-refractivity contribution in [3.63, 3.8) is 0 Å². The summed E-state index contributed by atoms with van der Waals surface area (Å²) >= 11 is 1.50. The van der Waals surface area contributed by atoms with Crippen molar-refractivity contribution in [1.29, 1.82) is 0 Å². The van der Waals surface area contributed by atoms with Crippen molar-refractivity contribution in [2.45, 2.75) is 31.3 Å². The highest BCUT2D eigenvalue weighted by atomic mass is 32.1.